The van der Waals surface area contributed by atoms with Crippen molar-refractivity contribution in [2.75, 3.05) is 6.54 Å². The van der Waals surface area contributed by atoms with E-state index in [0.717, 1.165) is 23.7 Å². The van der Waals surface area contributed by atoms with Crippen LogP contribution in [0, 0.1) is 0 Å². The maximum absolute atomic E-state index is 10.9. The summed E-state index contributed by atoms with van der Waals surface area (Å²) >= 11 is 0. The fourth-order valence-electron chi connectivity index (χ4n) is 2.12. The van der Waals surface area contributed by atoms with Crippen LogP contribution >= 0.6 is 15.2 Å². The first-order valence-electron chi connectivity index (χ1n) is 9.74. The van der Waals surface area contributed by atoms with Crippen molar-refractivity contribution in [3.8, 4) is 0 Å². The molecule has 0 aromatic carbocycles. The van der Waals surface area contributed by atoms with Gasteiger partial charge in [0.05, 0.1) is 18.4 Å². The number of amides is 1. The molecule has 0 saturated carbocycles. The van der Waals surface area contributed by atoms with Crippen LogP contribution in [0.5, 0.6) is 0 Å². The molecule has 0 radical (unpaired) electrons. The highest BCUT2D eigenvalue weighted by Crippen LogP contribution is 2.67. The standard InChI is InChI=1S/C6H14N2O2.C6H6N2O.C5H10N2O7P2/c7-4-2-1-3-5(8)6(9)10;7-6(9)5-2-1-3-8-4-5;8-5(15(9,10)11,16(12,13)14)3-7-2-1-6-4-7/h5H,1-4,7-8H2,(H,9,10);1-4H,(H2,7,9);1-2,4,8H,3H2,(H2,9,10,11)(H2,12,13,14)/t5-;;/m0../s1. The van der Waals surface area contributed by atoms with Crippen LogP contribution in [-0.4, -0.2) is 73.9 Å². The molecule has 198 valence electrons. The molecule has 2 aromatic rings. The number of primary amides is 1. The zero-order chi connectivity index (χ0) is 27.3. The van der Waals surface area contributed by atoms with Crippen molar-refractivity contribution < 1.29 is 48.5 Å². The Morgan fingerprint density at radius 2 is 1.69 bits per heavy atom. The lowest BCUT2D eigenvalue weighted by atomic mass is 10.1. The predicted octanol–water partition coefficient (Wildman–Crippen LogP) is -1.41. The molecule has 1 atom stereocenters. The molecule has 1 amide bonds. The summed E-state index contributed by atoms with van der Waals surface area (Å²) in [7, 11) is -10.8. The first kappa shape index (κ1) is 32.5. The Bertz CT molecular complexity index is 974. The minimum absolute atomic E-state index is 0.442. The number of aliphatic hydroxyl groups is 1. The summed E-state index contributed by atoms with van der Waals surface area (Å²) < 4.78 is 22.8. The van der Waals surface area contributed by atoms with E-state index in [1.165, 1.54) is 18.6 Å². The van der Waals surface area contributed by atoms with Gasteiger partial charge in [0.15, 0.2) is 0 Å². The van der Waals surface area contributed by atoms with E-state index in [1.807, 2.05) is 0 Å². The summed E-state index contributed by atoms with van der Waals surface area (Å²) in [4.78, 5) is 63.0. The third-order valence-electron chi connectivity index (χ3n) is 4.12. The van der Waals surface area contributed by atoms with Crippen molar-refractivity contribution in [3.05, 3.63) is 48.8 Å². The molecule has 2 rings (SSSR count). The van der Waals surface area contributed by atoms with Gasteiger partial charge < -0.3 is 51.6 Å². The molecule has 0 spiro atoms. The van der Waals surface area contributed by atoms with Crippen molar-refractivity contribution in [2.24, 2.45) is 17.2 Å². The molecular formula is C17H30N6O10P2. The van der Waals surface area contributed by atoms with Crippen LogP contribution in [0.2, 0.25) is 0 Å². The maximum atomic E-state index is 10.9. The van der Waals surface area contributed by atoms with E-state index >= 15 is 0 Å². The summed E-state index contributed by atoms with van der Waals surface area (Å²) in [5, 5.41) is 14.4. The second-order valence-electron chi connectivity index (χ2n) is 6.93. The smallest absolute Gasteiger partial charge is 0.371 e. The average molecular weight is 540 g/mol. The van der Waals surface area contributed by atoms with Gasteiger partial charge in [-0.25, -0.2) is 4.98 Å². The van der Waals surface area contributed by atoms with E-state index in [9.17, 15) is 23.8 Å². The Labute approximate surface area is 200 Å². The number of carbonyl (C=O) groups is 2. The molecule has 0 aliphatic rings. The molecule has 35 heavy (non-hydrogen) atoms. The Hall–Kier alpha value is -2.52. The SMILES string of the molecule is NC(=O)c1cccnc1.NCCCC[C@H](N)C(=O)O.O=P(O)(O)C(O)(Cn1ccnc1)P(=O)(O)O. The molecule has 0 unspecified atom stereocenters. The molecule has 0 aliphatic heterocycles. The summed E-state index contributed by atoms with van der Waals surface area (Å²) in [6, 6.07) is 2.57. The highest BCUT2D eigenvalue weighted by atomic mass is 31.2. The molecule has 0 fully saturated rings. The van der Waals surface area contributed by atoms with Gasteiger partial charge in [0.1, 0.15) is 6.04 Å². The highest BCUT2D eigenvalue weighted by Gasteiger charge is 2.59. The van der Waals surface area contributed by atoms with Gasteiger partial charge in [0, 0.05) is 24.8 Å². The topological polar surface area (TPSA) is 298 Å². The number of pyridine rings is 1. The van der Waals surface area contributed by atoms with Crippen molar-refractivity contribution in [3.63, 3.8) is 0 Å². The van der Waals surface area contributed by atoms with Crippen LogP contribution in [0.15, 0.2) is 43.2 Å². The van der Waals surface area contributed by atoms with E-state index in [-0.39, 0.29) is 0 Å². The molecule has 0 bridgehead atoms. The van der Waals surface area contributed by atoms with E-state index in [4.69, 9.17) is 41.9 Å². The first-order chi connectivity index (χ1) is 16.1. The van der Waals surface area contributed by atoms with E-state index in [2.05, 4.69) is 9.97 Å². The molecule has 18 heteroatoms. The molecule has 2 aromatic heterocycles. The summed E-state index contributed by atoms with van der Waals surface area (Å²) in [6.45, 7) is -0.353. The second kappa shape index (κ2) is 14.8. The van der Waals surface area contributed by atoms with Crippen molar-refractivity contribution in [1.82, 2.24) is 14.5 Å². The number of aromatic nitrogens is 3. The lowest BCUT2D eigenvalue weighted by molar-refractivity contribution is -0.138. The van der Waals surface area contributed by atoms with Gasteiger partial charge in [-0.15, -0.1) is 0 Å². The van der Waals surface area contributed by atoms with Gasteiger partial charge in [0.2, 0.25) is 5.91 Å². The molecule has 2 heterocycles. The third-order valence-corrected chi connectivity index (χ3v) is 7.83. The van der Waals surface area contributed by atoms with E-state index in [0.29, 0.717) is 18.5 Å². The van der Waals surface area contributed by atoms with Gasteiger partial charge in [-0.2, -0.15) is 0 Å². The Balaban J connectivity index is 0.000000526. The average Bonchev–Trinajstić information content (AvgIpc) is 3.26. The number of aliphatic carboxylic acids is 1. The van der Waals surface area contributed by atoms with Gasteiger partial charge in [-0.3, -0.25) is 23.7 Å². The van der Waals surface area contributed by atoms with Crippen LogP contribution in [0.1, 0.15) is 29.6 Å². The monoisotopic (exact) mass is 540 g/mol. The number of rotatable bonds is 10. The van der Waals surface area contributed by atoms with E-state index < -0.39 is 44.7 Å². The molecule has 0 aliphatic carbocycles. The number of nitrogens with two attached hydrogens (primary N) is 3. The quantitative estimate of drug-likeness (QED) is 0.124. The van der Waals surface area contributed by atoms with Gasteiger partial charge >= 0.3 is 21.2 Å². The van der Waals surface area contributed by atoms with Gasteiger partial charge in [-0.05, 0) is 31.5 Å². The van der Waals surface area contributed by atoms with Gasteiger partial charge in [0.25, 0.3) is 5.08 Å². The van der Waals surface area contributed by atoms with Crippen LogP contribution in [0.3, 0.4) is 0 Å². The van der Waals surface area contributed by atoms with E-state index in [1.54, 1.807) is 18.3 Å². The minimum Gasteiger partial charge on any atom is -0.480 e. The fourth-order valence-corrected chi connectivity index (χ4v) is 4.17. The second-order valence-corrected chi connectivity index (χ2v) is 10.9. The summed E-state index contributed by atoms with van der Waals surface area (Å²) in [5.41, 5.74) is 15.8. The zero-order valence-corrected chi connectivity index (χ0v) is 20.2. The van der Waals surface area contributed by atoms with Crippen molar-refractivity contribution >= 4 is 27.1 Å². The van der Waals surface area contributed by atoms with Crippen LogP contribution in [0.25, 0.3) is 0 Å². The lowest BCUT2D eigenvalue weighted by Crippen LogP contribution is -2.33. The van der Waals surface area contributed by atoms with Crippen LogP contribution in [-0.2, 0) is 20.5 Å². The third kappa shape index (κ3) is 11.6. The van der Waals surface area contributed by atoms with Crippen LogP contribution in [0.4, 0.5) is 0 Å². The van der Waals surface area contributed by atoms with Crippen molar-refractivity contribution in [1.29, 1.82) is 0 Å². The number of carboxylic acids is 1. The Morgan fingerprint density at radius 1 is 1.09 bits per heavy atom. The molecular weight excluding hydrogens is 510 g/mol. The maximum Gasteiger partial charge on any atom is 0.371 e. The number of carboxylic acid groups (broad SMARTS) is 1. The largest absolute Gasteiger partial charge is 0.480 e. The summed E-state index contributed by atoms with van der Waals surface area (Å²) in [5.74, 6) is -1.37. The number of imidazole rings is 1. The van der Waals surface area contributed by atoms with Crippen molar-refractivity contribution in [2.45, 2.75) is 36.9 Å². The van der Waals surface area contributed by atoms with Crippen LogP contribution < -0.4 is 17.2 Å². The first-order valence-corrected chi connectivity index (χ1v) is 13.0. The predicted molar refractivity (Wildman–Crippen MR) is 123 cm³/mol. The number of nitrogens with zero attached hydrogens (tertiary/aromatic N) is 3. The fraction of sp³-hybridized carbons (Fsp3) is 0.412. The lowest BCUT2D eigenvalue weighted by Gasteiger charge is -2.29. The zero-order valence-electron chi connectivity index (χ0n) is 18.4. The highest BCUT2D eigenvalue weighted by molar-refractivity contribution is 7.72. The number of carbonyl (C=O) groups excluding carboxylic acids is 1. The normalized spacial score (nSPS) is 12.4. The number of unbranched alkanes of at least 4 members (excludes halogenated alkanes) is 1. The molecule has 16 nitrogen and oxygen atoms in total. The number of hydrogen-bond acceptors (Lipinski definition) is 9. The minimum atomic E-state index is -5.41. The number of hydrogen-bond donors (Lipinski definition) is 9. The molecule has 12 N–H and O–H groups in total. The summed E-state index contributed by atoms with van der Waals surface area (Å²) in [6.07, 6.45) is 8.69. The van der Waals surface area contributed by atoms with Gasteiger partial charge in [-0.1, -0.05) is 6.42 Å². The molecule has 0 saturated heterocycles. The Kier molecular flexibility index (Phi) is 13.7. The Morgan fingerprint density at radius 3 is 2.03 bits per heavy atom.